The normalized spacial score (nSPS) is 12.3. The van der Waals surface area contributed by atoms with Crippen LogP contribution in [0.3, 0.4) is 0 Å². The summed E-state index contributed by atoms with van der Waals surface area (Å²) in [6.07, 6.45) is 1.65. The van der Waals surface area contributed by atoms with E-state index in [9.17, 15) is 22.7 Å². The summed E-state index contributed by atoms with van der Waals surface area (Å²) in [6.45, 7) is 10.0. The molecular formula is C56H51Cl2FN4O12S. The van der Waals surface area contributed by atoms with Gasteiger partial charge >= 0.3 is 5.97 Å². The number of ether oxygens (including phenoxy) is 6. The summed E-state index contributed by atoms with van der Waals surface area (Å²) in [4.78, 5) is 32.1. The van der Waals surface area contributed by atoms with Gasteiger partial charge in [-0.05, 0) is 117 Å². The van der Waals surface area contributed by atoms with E-state index in [2.05, 4.69) is 21.5 Å². The minimum absolute atomic E-state index is 0.00225. The summed E-state index contributed by atoms with van der Waals surface area (Å²) in [5, 5.41) is 11.0. The van der Waals surface area contributed by atoms with E-state index in [1.54, 1.807) is 58.3 Å². The number of hydrogen-bond donors (Lipinski definition) is 1. The van der Waals surface area contributed by atoms with Crippen molar-refractivity contribution in [1.82, 2.24) is 19.9 Å². The number of aromatic hydroxyl groups is 1. The van der Waals surface area contributed by atoms with Crippen LogP contribution in [0.1, 0.15) is 34.9 Å². The number of furan rings is 1. The number of rotatable bonds is 23. The van der Waals surface area contributed by atoms with Gasteiger partial charge in [-0.1, -0.05) is 59.1 Å². The van der Waals surface area contributed by atoms with Crippen molar-refractivity contribution in [2.75, 3.05) is 33.5 Å². The lowest BCUT2D eigenvalue weighted by atomic mass is 9.91. The van der Waals surface area contributed by atoms with Gasteiger partial charge in [-0.25, -0.2) is 29.1 Å². The molecule has 76 heavy (non-hydrogen) atoms. The predicted molar refractivity (Wildman–Crippen MR) is 283 cm³/mol. The van der Waals surface area contributed by atoms with Crippen LogP contribution < -0.4 is 18.9 Å². The summed E-state index contributed by atoms with van der Waals surface area (Å²) >= 11 is 14.5. The van der Waals surface area contributed by atoms with Crippen LogP contribution in [0.25, 0.3) is 44.9 Å². The smallest absolute Gasteiger partial charge is 0.347 e. The van der Waals surface area contributed by atoms with Crippen LogP contribution in [-0.2, 0) is 41.6 Å². The molecule has 0 bridgehead atoms. The second kappa shape index (κ2) is 24.4. The highest BCUT2D eigenvalue weighted by Crippen LogP contribution is 2.51. The van der Waals surface area contributed by atoms with Crippen molar-refractivity contribution in [1.29, 1.82) is 0 Å². The summed E-state index contributed by atoms with van der Waals surface area (Å²) < 4.78 is 89.0. The number of aromatic nitrogens is 4. The lowest BCUT2D eigenvalue weighted by Gasteiger charge is -2.24. The van der Waals surface area contributed by atoms with Crippen LogP contribution in [-0.4, -0.2) is 85.2 Å². The molecule has 8 aromatic rings. The zero-order valence-electron chi connectivity index (χ0n) is 41.8. The molecule has 3 aromatic heterocycles. The number of para-hydroxylation sites is 1. The number of hydrogen-bond acceptors (Lipinski definition) is 16. The van der Waals surface area contributed by atoms with E-state index in [0.717, 1.165) is 5.56 Å². The second-order valence-electron chi connectivity index (χ2n) is 17.1. The molecule has 5 aromatic carbocycles. The maximum Gasteiger partial charge on any atom is 0.347 e. The number of carbonyl (C=O) groups is 1. The Balaban J connectivity index is 1.17. The van der Waals surface area contributed by atoms with E-state index < -0.39 is 40.7 Å². The molecular weight excluding hydrogens is 1040 g/mol. The monoisotopic (exact) mass is 1090 g/mol. The van der Waals surface area contributed by atoms with Gasteiger partial charge < -0.3 is 37.9 Å². The Labute approximate surface area is 448 Å². The van der Waals surface area contributed by atoms with E-state index in [1.807, 2.05) is 31.2 Å². The Morgan fingerprint density at radius 3 is 2.33 bits per heavy atom. The summed E-state index contributed by atoms with van der Waals surface area (Å²) in [7, 11) is -2.66. The lowest BCUT2D eigenvalue weighted by Crippen LogP contribution is -2.32. The van der Waals surface area contributed by atoms with Crippen molar-refractivity contribution >= 4 is 50.4 Å². The Hall–Kier alpha value is -7.61. The fourth-order valence-corrected chi connectivity index (χ4v) is 9.61. The van der Waals surface area contributed by atoms with Crippen LogP contribution >= 0.6 is 23.2 Å². The molecule has 20 heteroatoms. The molecule has 1 N–H and O–H groups in total. The highest BCUT2D eigenvalue weighted by Gasteiger charge is 2.33. The lowest BCUT2D eigenvalue weighted by molar-refractivity contribution is -0.151. The third-order valence-corrected chi connectivity index (χ3v) is 14.1. The van der Waals surface area contributed by atoms with E-state index >= 15 is 0 Å². The quantitative estimate of drug-likeness (QED) is 0.0274. The van der Waals surface area contributed by atoms with Gasteiger partial charge in [0.05, 0.1) is 53.1 Å². The molecule has 0 aliphatic carbocycles. The number of phenolic OH excluding ortho intramolecular Hbond substituents is 1. The average molecular weight is 1090 g/mol. The fraction of sp³-hybridized carbons (Fsp3) is 0.232. The van der Waals surface area contributed by atoms with E-state index in [1.165, 1.54) is 60.9 Å². The average Bonchev–Trinajstić information content (AvgIpc) is 3.80. The maximum absolute atomic E-state index is 14.5. The van der Waals surface area contributed by atoms with Gasteiger partial charge in [-0.3, -0.25) is 4.18 Å². The Morgan fingerprint density at radius 1 is 0.882 bits per heavy atom. The Bertz CT molecular complexity index is 3480. The first-order valence-corrected chi connectivity index (χ1v) is 25.8. The van der Waals surface area contributed by atoms with Crippen LogP contribution in [0.15, 0.2) is 132 Å². The molecule has 3 heterocycles. The van der Waals surface area contributed by atoms with Gasteiger partial charge in [-0.2, -0.15) is 8.42 Å². The molecule has 0 aliphatic rings. The molecule has 2 atom stereocenters. The standard InChI is InChI=1S/C56H51Cl2FN4O12S/c1-7-25-69-29-40(30-72-76(66,67)41-20-13-32(3)14-21-41)73-52-49(57)33(4)46(34(5)50(52)58)47-48-54(61-31-62-55(48)75-51(47)35-15-17-37(59)18-16-35)74-45(56(65)70-8-2)27-36-26-39(64)19-22-43(36)71-28-38-23-24-60-53(63-38)42-11-9-10-12-44(42)68-6/h7,9-24,26,31,40,45,64H,1,8,25,27-30H2,2-6H3/t40-,45-/m1/s1. The predicted octanol–water partition coefficient (Wildman–Crippen LogP) is 11.6. The summed E-state index contributed by atoms with van der Waals surface area (Å²) in [6, 6.07) is 25.2. The molecule has 8 rings (SSSR count). The first-order chi connectivity index (χ1) is 36.6. The van der Waals surface area contributed by atoms with Crippen LogP contribution in [0.4, 0.5) is 4.39 Å². The number of nitrogens with zero attached hydrogens (tertiary/aromatic N) is 4. The van der Waals surface area contributed by atoms with Gasteiger partial charge in [0, 0.05) is 29.3 Å². The van der Waals surface area contributed by atoms with Crippen molar-refractivity contribution in [2.24, 2.45) is 0 Å². The molecule has 0 aliphatic heterocycles. The SMILES string of the molecule is C=CCOC[C@H](COS(=O)(=O)c1ccc(C)cc1)Oc1c(Cl)c(C)c(-c2c(-c3ccc(F)cc3)oc3ncnc(O[C@H](Cc4cc(O)ccc4OCc4ccnc(-c5ccccc5OC)n4)C(=O)OCC)c23)c(C)c1Cl. The molecule has 0 spiro atoms. The molecule has 0 radical (unpaired) electrons. The highest BCUT2D eigenvalue weighted by atomic mass is 35.5. The molecule has 0 saturated carbocycles. The van der Waals surface area contributed by atoms with Crippen LogP contribution in [0, 0.1) is 26.6 Å². The number of halogens is 3. The second-order valence-corrected chi connectivity index (χ2v) is 19.5. The number of phenols is 1. The largest absolute Gasteiger partial charge is 0.508 e. The molecule has 0 unspecified atom stereocenters. The highest BCUT2D eigenvalue weighted by molar-refractivity contribution is 7.86. The van der Waals surface area contributed by atoms with Gasteiger partial charge in [0.1, 0.15) is 59.9 Å². The molecule has 16 nitrogen and oxygen atoms in total. The Kier molecular flexibility index (Phi) is 17.5. The van der Waals surface area contributed by atoms with Crippen molar-refractivity contribution in [3.8, 4) is 62.7 Å². The number of fused-ring (bicyclic) bond motifs is 1. The van der Waals surface area contributed by atoms with Crippen LogP contribution in [0.2, 0.25) is 10.0 Å². The number of methoxy groups -OCH3 is 1. The van der Waals surface area contributed by atoms with Crippen molar-refractivity contribution in [3.63, 3.8) is 0 Å². The Morgan fingerprint density at radius 2 is 1.62 bits per heavy atom. The first-order valence-electron chi connectivity index (χ1n) is 23.7. The van der Waals surface area contributed by atoms with Crippen LogP contribution in [0.5, 0.6) is 28.9 Å². The van der Waals surface area contributed by atoms with Crippen molar-refractivity contribution < 1.29 is 59.7 Å². The third-order valence-electron chi connectivity index (χ3n) is 11.8. The van der Waals surface area contributed by atoms with E-state index in [0.29, 0.717) is 62.0 Å². The van der Waals surface area contributed by atoms with Crippen molar-refractivity contribution in [2.45, 2.75) is 57.8 Å². The number of benzene rings is 5. The molecule has 0 fully saturated rings. The van der Waals surface area contributed by atoms with Gasteiger partial charge in [0.15, 0.2) is 11.6 Å². The number of esters is 1. The van der Waals surface area contributed by atoms with Gasteiger partial charge in [0.25, 0.3) is 10.1 Å². The molecule has 0 saturated heterocycles. The minimum atomic E-state index is -4.22. The molecule has 394 valence electrons. The van der Waals surface area contributed by atoms with Gasteiger partial charge in [0.2, 0.25) is 17.7 Å². The summed E-state index contributed by atoms with van der Waals surface area (Å²) in [5.41, 5.74) is 4.40. The third kappa shape index (κ3) is 12.4. The van der Waals surface area contributed by atoms with Gasteiger partial charge in [-0.15, -0.1) is 6.58 Å². The topological polar surface area (TPSA) is 201 Å². The maximum atomic E-state index is 14.5. The molecule has 0 amide bonds. The number of carbonyl (C=O) groups excluding carboxylic acids is 1. The van der Waals surface area contributed by atoms with E-state index in [-0.39, 0.29) is 82.0 Å². The van der Waals surface area contributed by atoms with E-state index in [4.69, 9.17) is 65.2 Å². The van der Waals surface area contributed by atoms with Crippen molar-refractivity contribution in [3.05, 3.63) is 166 Å². The number of aryl methyl sites for hydroxylation is 1. The summed E-state index contributed by atoms with van der Waals surface area (Å²) in [5.74, 6) is -0.0113. The first kappa shape index (κ1) is 54.6. The zero-order chi connectivity index (χ0) is 54.1. The fourth-order valence-electron chi connectivity index (χ4n) is 8.16. The minimum Gasteiger partial charge on any atom is -0.508 e. The zero-order valence-corrected chi connectivity index (χ0v) is 44.2.